The summed E-state index contributed by atoms with van der Waals surface area (Å²) in [6.45, 7) is 5.36. The van der Waals surface area contributed by atoms with Crippen LogP contribution in [0.15, 0.2) is 0 Å². The molecule has 3 unspecified atom stereocenters. The summed E-state index contributed by atoms with van der Waals surface area (Å²) in [5.74, 6) is 0.192. The number of hydrogen-bond donors (Lipinski definition) is 1. The third-order valence-corrected chi connectivity index (χ3v) is 7.63. The number of alkyl halides is 3. The fourth-order valence-electron chi connectivity index (χ4n) is 3.82. The third-order valence-electron chi connectivity index (χ3n) is 4.88. The lowest BCUT2D eigenvalue weighted by molar-refractivity contribution is -0.0446. The van der Waals surface area contributed by atoms with Gasteiger partial charge in [0.05, 0.1) is 6.10 Å². The molecule has 0 aromatic rings. The largest absolute Gasteiger partial charge is 0.512 e. The topological polar surface area (TPSA) is 89.5 Å². The van der Waals surface area contributed by atoms with E-state index in [1.807, 2.05) is 0 Å². The molecule has 11 heteroatoms. The summed E-state index contributed by atoms with van der Waals surface area (Å²) in [4.78, 5) is 0. The lowest BCUT2D eigenvalue weighted by atomic mass is 9.70. The van der Waals surface area contributed by atoms with Gasteiger partial charge in [0.25, 0.3) is 0 Å². The summed E-state index contributed by atoms with van der Waals surface area (Å²) in [7, 11) is -11.1. The zero-order valence-electron chi connectivity index (χ0n) is 12.3. The van der Waals surface area contributed by atoms with E-state index < -0.39 is 42.8 Å². The molecule has 2 rings (SSSR count). The molecule has 22 heavy (non-hydrogen) atoms. The minimum atomic E-state index is -6.03. The molecule has 2 fully saturated rings. The Hall–Kier alpha value is -0.390. The van der Waals surface area contributed by atoms with E-state index in [9.17, 15) is 30.0 Å². The summed E-state index contributed by atoms with van der Waals surface area (Å²) in [5.41, 5.74) is -6.79. The van der Waals surface area contributed by atoms with Crippen LogP contribution in [0, 0.1) is 16.7 Å². The minimum absolute atomic E-state index is 0.192. The predicted molar refractivity (Wildman–Crippen MR) is 71.1 cm³/mol. The number of nitrogens with one attached hydrogen (secondary N) is 1. The van der Waals surface area contributed by atoms with Crippen LogP contribution in [0.2, 0.25) is 0 Å². The van der Waals surface area contributed by atoms with Gasteiger partial charge in [0, 0.05) is 0 Å². The van der Waals surface area contributed by atoms with Crippen LogP contribution < -0.4 is 4.13 Å². The van der Waals surface area contributed by atoms with Crippen molar-refractivity contribution in [2.45, 2.75) is 51.6 Å². The fraction of sp³-hybridized carbons (Fsp3) is 1.00. The summed E-state index contributed by atoms with van der Waals surface area (Å²) in [5, 5.41) is 0. The lowest BCUT2D eigenvalue weighted by Crippen LogP contribution is -2.48. The normalized spacial score (nSPS) is 35.0. The van der Waals surface area contributed by atoms with Gasteiger partial charge in [-0.1, -0.05) is 24.9 Å². The highest BCUT2D eigenvalue weighted by molar-refractivity contribution is 8.03. The van der Waals surface area contributed by atoms with Gasteiger partial charge in [0.1, 0.15) is 0 Å². The first-order valence-electron chi connectivity index (χ1n) is 6.64. The number of hydrogen-bond acceptors (Lipinski definition) is 5. The summed E-state index contributed by atoms with van der Waals surface area (Å²) in [6, 6.07) is 0. The minimum Gasteiger partial charge on any atom is -0.253 e. The molecule has 2 aliphatic carbocycles. The van der Waals surface area contributed by atoms with Gasteiger partial charge in [0.2, 0.25) is 0 Å². The average molecular weight is 365 g/mol. The predicted octanol–water partition coefficient (Wildman–Crippen LogP) is 1.90. The van der Waals surface area contributed by atoms with Crippen molar-refractivity contribution >= 4 is 20.3 Å². The first kappa shape index (κ1) is 18.0. The van der Waals surface area contributed by atoms with Crippen LogP contribution in [-0.4, -0.2) is 28.4 Å². The van der Waals surface area contributed by atoms with Gasteiger partial charge in [-0.2, -0.15) is 21.6 Å². The summed E-state index contributed by atoms with van der Waals surface area (Å²) >= 11 is 0. The van der Waals surface area contributed by atoms with Crippen molar-refractivity contribution in [3.63, 3.8) is 0 Å². The van der Waals surface area contributed by atoms with Crippen molar-refractivity contribution in [3.8, 4) is 0 Å². The third kappa shape index (κ3) is 2.87. The zero-order chi connectivity index (χ0) is 17.2. The van der Waals surface area contributed by atoms with Crippen molar-refractivity contribution in [1.29, 1.82) is 0 Å². The van der Waals surface area contributed by atoms with Crippen molar-refractivity contribution in [2.24, 2.45) is 16.7 Å². The maximum absolute atomic E-state index is 12.3. The molecule has 0 aromatic carbocycles. The Kier molecular flexibility index (Phi) is 3.92. The first-order valence-corrected chi connectivity index (χ1v) is 9.53. The van der Waals surface area contributed by atoms with E-state index in [2.05, 4.69) is 0 Å². The van der Waals surface area contributed by atoms with Crippen LogP contribution in [0.25, 0.3) is 0 Å². The molecular formula is C11H18F3NO5S2. The number of sulfonamides is 1. The van der Waals surface area contributed by atoms with Crippen molar-refractivity contribution in [2.75, 3.05) is 0 Å². The van der Waals surface area contributed by atoms with Crippen LogP contribution in [0.3, 0.4) is 0 Å². The average Bonchev–Trinajstić information content (AvgIpc) is 2.73. The van der Waals surface area contributed by atoms with Gasteiger partial charge < -0.3 is 0 Å². The van der Waals surface area contributed by atoms with Crippen molar-refractivity contribution in [3.05, 3.63) is 0 Å². The molecule has 0 saturated heterocycles. The molecule has 130 valence electrons. The van der Waals surface area contributed by atoms with Gasteiger partial charge in [-0.05, 0) is 36.0 Å². The molecule has 0 radical (unpaired) electrons. The molecule has 0 amide bonds. The molecular weight excluding hydrogens is 347 g/mol. The molecule has 3 atom stereocenters. The Labute approximate surface area is 127 Å². The molecule has 2 aliphatic rings. The maximum atomic E-state index is 12.3. The number of fused-ring (bicyclic) bond motifs is 2. The quantitative estimate of drug-likeness (QED) is 0.822. The van der Waals surface area contributed by atoms with E-state index >= 15 is 0 Å². The molecule has 1 N–H and O–H groups in total. The van der Waals surface area contributed by atoms with Gasteiger partial charge >= 0.3 is 25.8 Å². The first-order chi connectivity index (χ1) is 9.61. The Morgan fingerprint density at radius 3 is 2.09 bits per heavy atom. The van der Waals surface area contributed by atoms with E-state index in [1.165, 1.54) is 0 Å². The number of halogens is 3. The van der Waals surface area contributed by atoms with Crippen LogP contribution in [0.1, 0.15) is 40.0 Å². The molecule has 2 saturated carbocycles. The summed E-state index contributed by atoms with van der Waals surface area (Å²) < 4.78 is 87.7. The molecule has 0 aromatic heterocycles. The van der Waals surface area contributed by atoms with Gasteiger partial charge in [-0.15, -0.1) is 0 Å². The second kappa shape index (κ2) is 4.81. The van der Waals surface area contributed by atoms with Crippen LogP contribution in [-0.2, 0) is 24.5 Å². The van der Waals surface area contributed by atoms with E-state index in [1.54, 1.807) is 20.8 Å². The lowest BCUT2D eigenvalue weighted by Gasteiger charge is -2.41. The standard InChI is InChI=1S/C11H18F3NO5S2/c1-9(2)7-4-5-10(3,6-7)8(9)20-22(18,19)15-21(16,17)11(12,13)14/h7-8,15H,4-6H2,1-3H3. The molecule has 6 nitrogen and oxygen atoms in total. The Morgan fingerprint density at radius 2 is 1.68 bits per heavy atom. The smallest absolute Gasteiger partial charge is 0.253 e. The highest BCUT2D eigenvalue weighted by Crippen LogP contribution is 2.63. The van der Waals surface area contributed by atoms with E-state index in [-0.39, 0.29) is 5.92 Å². The molecule has 2 bridgehead atoms. The molecule has 0 heterocycles. The fourth-order valence-corrected chi connectivity index (χ4v) is 6.17. The summed E-state index contributed by atoms with van der Waals surface area (Å²) in [6.07, 6.45) is 1.40. The maximum Gasteiger partial charge on any atom is 0.512 e. The second-order valence-corrected chi connectivity index (χ2v) is 10.1. The van der Waals surface area contributed by atoms with Gasteiger partial charge in [-0.3, -0.25) is 4.18 Å². The molecule has 0 spiro atoms. The monoisotopic (exact) mass is 365 g/mol. The van der Waals surface area contributed by atoms with Crippen molar-refractivity contribution in [1.82, 2.24) is 4.13 Å². The Bertz CT molecular complexity index is 666. The van der Waals surface area contributed by atoms with Gasteiger partial charge in [0.15, 0.2) is 0 Å². The van der Waals surface area contributed by atoms with Gasteiger partial charge in [-0.25, -0.2) is 8.42 Å². The SMILES string of the molecule is CC12CCC(C1)C(C)(C)C2OS(=O)(=O)NS(=O)(=O)C(F)(F)F. The van der Waals surface area contributed by atoms with Crippen LogP contribution in [0.4, 0.5) is 13.2 Å². The second-order valence-electron chi connectivity index (χ2n) is 6.88. The van der Waals surface area contributed by atoms with E-state index in [0.29, 0.717) is 17.0 Å². The Morgan fingerprint density at radius 1 is 1.14 bits per heavy atom. The van der Waals surface area contributed by atoms with Crippen molar-refractivity contribution < 1.29 is 34.2 Å². The number of rotatable bonds is 4. The van der Waals surface area contributed by atoms with E-state index in [4.69, 9.17) is 4.18 Å². The highest BCUT2D eigenvalue weighted by atomic mass is 32.3. The Balaban J connectivity index is 2.23. The van der Waals surface area contributed by atoms with Crippen LogP contribution >= 0.6 is 0 Å². The van der Waals surface area contributed by atoms with Crippen LogP contribution in [0.5, 0.6) is 0 Å². The highest BCUT2D eigenvalue weighted by Gasteiger charge is 2.62. The zero-order valence-corrected chi connectivity index (χ0v) is 13.9. The molecule has 0 aliphatic heterocycles. The van der Waals surface area contributed by atoms with E-state index in [0.717, 1.165) is 6.42 Å².